The summed E-state index contributed by atoms with van der Waals surface area (Å²) in [6, 6.07) is 20.1. The zero-order valence-electron chi connectivity index (χ0n) is 25.8. The van der Waals surface area contributed by atoms with Crippen LogP contribution in [0.4, 0.5) is 22.7 Å². The van der Waals surface area contributed by atoms with E-state index in [2.05, 4.69) is 21.3 Å². The number of hydrogen-bond donors (Lipinski definition) is 6. The van der Waals surface area contributed by atoms with Gasteiger partial charge in [0.05, 0.1) is 28.4 Å². The summed E-state index contributed by atoms with van der Waals surface area (Å²) in [5.41, 5.74) is 2.09. The van der Waals surface area contributed by atoms with Gasteiger partial charge in [-0.25, -0.2) is 9.59 Å². The number of esters is 2. The minimum absolute atomic E-state index is 0.136. The number of phenols is 2. The summed E-state index contributed by atoms with van der Waals surface area (Å²) < 4.78 is 20.3. The lowest BCUT2D eigenvalue weighted by molar-refractivity contribution is 0.0588. The molecule has 244 valence electrons. The molecule has 0 aliphatic carbocycles. The normalized spacial score (nSPS) is 10.3. The summed E-state index contributed by atoms with van der Waals surface area (Å²) in [5.74, 6) is -1.14. The molecule has 4 rings (SSSR count). The molecular formula is C33H32N4O8S2. The van der Waals surface area contributed by atoms with Crippen LogP contribution in [-0.4, -0.2) is 60.8 Å². The SMILES string of the molecule is COC(=O)c1cc(NC(=S)Nc2cccc(OC)c2)cc(Cc2cc(NC(=S)Nc3cccc(OC)c3)cc(C(=O)OC)c2O)c1O. The van der Waals surface area contributed by atoms with E-state index < -0.39 is 11.9 Å². The first-order chi connectivity index (χ1) is 22.5. The molecule has 0 radical (unpaired) electrons. The van der Waals surface area contributed by atoms with Gasteiger partial charge in [0.1, 0.15) is 34.1 Å². The first kappa shape index (κ1) is 34.3. The van der Waals surface area contributed by atoms with Gasteiger partial charge in [0.15, 0.2) is 10.2 Å². The standard InChI is InChI=1S/C33H32N4O8S2/c1-42-24-9-5-7-20(14-24)34-32(46)36-22-12-18(28(38)26(16-22)30(40)44-3)11-19-13-23(17-27(29(19)39)31(41)45-4)37-33(47)35-21-8-6-10-25(15-21)43-2/h5-10,12-17,38-39H,11H2,1-4H3,(H2,34,36,46)(H2,35,37,47). The molecule has 0 spiro atoms. The third-order valence-electron chi connectivity index (χ3n) is 6.74. The predicted molar refractivity (Wildman–Crippen MR) is 187 cm³/mol. The Bertz CT molecular complexity index is 1700. The third kappa shape index (κ3) is 8.77. The van der Waals surface area contributed by atoms with Gasteiger partial charge in [-0.05, 0) is 73.0 Å². The van der Waals surface area contributed by atoms with Crippen molar-refractivity contribution in [2.75, 3.05) is 49.7 Å². The fraction of sp³-hybridized carbons (Fsp3) is 0.152. The maximum Gasteiger partial charge on any atom is 0.341 e. The number of nitrogens with one attached hydrogen (secondary N) is 4. The van der Waals surface area contributed by atoms with Crippen molar-refractivity contribution in [3.05, 3.63) is 95.1 Å². The Morgan fingerprint density at radius 3 is 1.34 bits per heavy atom. The van der Waals surface area contributed by atoms with Gasteiger partial charge in [0.25, 0.3) is 0 Å². The Kier molecular flexibility index (Phi) is 11.4. The number of ether oxygens (including phenoxy) is 4. The van der Waals surface area contributed by atoms with E-state index in [4.69, 9.17) is 43.4 Å². The van der Waals surface area contributed by atoms with Crippen LogP contribution in [0.5, 0.6) is 23.0 Å². The summed E-state index contributed by atoms with van der Waals surface area (Å²) in [4.78, 5) is 25.3. The first-order valence-electron chi connectivity index (χ1n) is 13.9. The molecule has 0 amide bonds. The van der Waals surface area contributed by atoms with Gasteiger partial charge in [-0.1, -0.05) is 12.1 Å². The van der Waals surface area contributed by atoms with Crippen molar-refractivity contribution in [1.29, 1.82) is 0 Å². The van der Waals surface area contributed by atoms with Gasteiger partial charge in [0.2, 0.25) is 0 Å². The van der Waals surface area contributed by atoms with Gasteiger partial charge in [0, 0.05) is 52.4 Å². The van der Waals surface area contributed by atoms with Crippen LogP contribution in [0.15, 0.2) is 72.8 Å². The van der Waals surface area contributed by atoms with E-state index in [0.717, 1.165) is 0 Å². The molecule has 0 atom stereocenters. The number of hydrogen-bond acceptors (Lipinski definition) is 10. The lowest BCUT2D eigenvalue weighted by Crippen LogP contribution is -2.20. The molecule has 0 bridgehead atoms. The van der Waals surface area contributed by atoms with Crippen LogP contribution in [0.1, 0.15) is 31.8 Å². The molecule has 14 heteroatoms. The van der Waals surface area contributed by atoms with Gasteiger partial charge < -0.3 is 50.4 Å². The Morgan fingerprint density at radius 2 is 0.979 bits per heavy atom. The fourth-order valence-corrected chi connectivity index (χ4v) is 5.00. The number of aromatic hydroxyl groups is 2. The number of thiocarbonyl (C=S) groups is 2. The van der Waals surface area contributed by atoms with Crippen molar-refractivity contribution in [2.24, 2.45) is 0 Å². The first-order valence-corrected chi connectivity index (χ1v) is 14.7. The minimum atomic E-state index is -0.803. The van der Waals surface area contributed by atoms with Crippen molar-refractivity contribution in [2.45, 2.75) is 6.42 Å². The maximum atomic E-state index is 12.6. The monoisotopic (exact) mass is 676 g/mol. The molecular weight excluding hydrogens is 645 g/mol. The maximum absolute atomic E-state index is 12.6. The highest BCUT2D eigenvalue weighted by Crippen LogP contribution is 2.35. The highest BCUT2D eigenvalue weighted by Gasteiger charge is 2.22. The number of carbonyl (C=O) groups is 2. The molecule has 0 aliphatic heterocycles. The number of rotatable bonds is 10. The van der Waals surface area contributed by atoms with Crippen LogP contribution in [0.2, 0.25) is 0 Å². The van der Waals surface area contributed by atoms with Crippen molar-refractivity contribution < 1.29 is 38.7 Å². The number of phenolic OH excluding ortho intramolecular Hbond substituents is 2. The van der Waals surface area contributed by atoms with Crippen molar-refractivity contribution >= 4 is 69.3 Å². The molecule has 0 aliphatic rings. The molecule has 0 saturated heterocycles. The number of methoxy groups -OCH3 is 4. The fourth-order valence-electron chi connectivity index (χ4n) is 4.53. The molecule has 0 aromatic heterocycles. The van der Waals surface area contributed by atoms with Gasteiger partial charge in [-0.2, -0.15) is 0 Å². The number of benzene rings is 4. The Morgan fingerprint density at radius 1 is 0.596 bits per heavy atom. The Labute approximate surface area is 281 Å². The van der Waals surface area contributed by atoms with Crippen LogP contribution in [0, 0.1) is 0 Å². The zero-order valence-corrected chi connectivity index (χ0v) is 27.4. The molecule has 4 aromatic carbocycles. The summed E-state index contributed by atoms with van der Waals surface area (Å²) in [5, 5.41) is 34.7. The van der Waals surface area contributed by atoms with Crippen molar-refractivity contribution in [3.63, 3.8) is 0 Å². The zero-order chi connectivity index (χ0) is 34.1. The molecule has 0 unspecified atom stereocenters. The van der Waals surface area contributed by atoms with E-state index in [0.29, 0.717) is 34.2 Å². The van der Waals surface area contributed by atoms with Gasteiger partial charge >= 0.3 is 11.9 Å². The van der Waals surface area contributed by atoms with E-state index >= 15 is 0 Å². The largest absolute Gasteiger partial charge is 0.507 e. The van der Waals surface area contributed by atoms with Crippen LogP contribution in [0.25, 0.3) is 0 Å². The molecule has 47 heavy (non-hydrogen) atoms. The van der Waals surface area contributed by atoms with E-state index in [1.54, 1.807) is 74.9 Å². The van der Waals surface area contributed by atoms with Crippen LogP contribution >= 0.6 is 24.4 Å². The van der Waals surface area contributed by atoms with Crippen LogP contribution in [-0.2, 0) is 15.9 Å². The summed E-state index contributed by atoms with van der Waals surface area (Å²) >= 11 is 10.9. The highest BCUT2D eigenvalue weighted by atomic mass is 32.1. The van der Waals surface area contributed by atoms with Crippen LogP contribution in [0.3, 0.4) is 0 Å². The second-order valence-electron chi connectivity index (χ2n) is 9.85. The second kappa shape index (κ2) is 15.6. The predicted octanol–water partition coefficient (Wildman–Crippen LogP) is 5.90. The van der Waals surface area contributed by atoms with E-state index in [-0.39, 0.29) is 50.4 Å². The topological polar surface area (TPSA) is 160 Å². The lowest BCUT2D eigenvalue weighted by atomic mass is 9.97. The van der Waals surface area contributed by atoms with Crippen molar-refractivity contribution in [1.82, 2.24) is 0 Å². The minimum Gasteiger partial charge on any atom is -0.507 e. The Hall–Kier alpha value is -5.60. The molecule has 0 saturated carbocycles. The quantitative estimate of drug-likeness (QED) is 0.0670. The highest BCUT2D eigenvalue weighted by molar-refractivity contribution is 7.81. The van der Waals surface area contributed by atoms with Gasteiger partial charge in [-0.15, -0.1) is 0 Å². The molecule has 0 fully saturated rings. The smallest absolute Gasteiger partial charge is 0.341 e. The summed E-state index contributed by atoms with van der Waals surface area (Å²) in [6.07, 6.45) is -0.136. The number of anilines is 4. The van der Waals surface area contributed by atoms with Crippen molar-refractivity contribution in [3.8, 4) is 23.0 Å². The molecule has 6 N–H and O–H groups in total. The number of carbonyl (C=O) groups excluding carboxylic acids is 2. The Balaban J connectivity index is 1.66. The summed E-state index contributed by atoms with van der Waals surface area (Å²) in [7, 11) is 5.46. The molecule has 12 nitrogen and oxygen atoms in total. The van der Waals surface area contributed by atoms with E-state index in [1.165, 1.54) is 26.4 Å². The second-order valence-corrected chi connectivity index (χ2v) is 10.7. The van der Waals surface area contributed by atoms with E-state index in [9.17, 15) is 19.8 Å². The summed E-state index contributed by atoms with van der Waals surface area (Å²) in [6.45, 7) is 0. The molecule has 4 aromatic rings. The average Bonchev–Trinajstić information content (AvgIpc) is 3.06. The van der Waals surface area contributed by atoms with Crippen LogP contribution < -0.4 is 30.7 Å². The lowest BCUT2D eigenvalue weighted by Gasteiger charge is -2.17. The van der Waals surface area contributed by atoms with Gasteiger partial charge in [-0.3, -0.25) is 0 Å². The molecule has 0 heterocycles. The van der Waals surface area contributed by atoms with E-state index in [1.807, 2.05) is 0 Å². The third-order valence-corrected chi connectivity index (χ3v) is 7.15. The average molecular weight is 677 g/mol.